The number of fused-ring (bicyclic) bond motifs is 2. The summed E-state index contributed by atoms with van der Waals surface area (Å²) in [5.41, 5.74) is 6.50. The fraction of sp³-hybridized carbons (Fsp3) is 0.217. The van der Waals surface area contributed by atoms with Crippen LogP contribution in [0.1, 0.15) is 17.5 Å². The van der Waals surface area contributed by atoms with Gasteiger partial charge in [0, 0.05) is 23.9 Å². The van der Waals surface area contributed by atoms with Gasteiger partial charge < -0.3 is 9.80 Å². The molecule has 0 saturated heterocycles. The molecule has 1 aliphatic heterocycles. The Kier molecular flexibility index (Phi) is 4.99. The van der Waals surface area contributed by atoms with E-state index >= 15 is 0 Å². The monoisotopic (exact) mass is 356 g/mol. The van der Waals surface area contributed by atoms with Crippen molar-refractivity contribution in [2.75, 3.05) is 32.1 Å². The van der Waals surface area contributed by atoms with Crippen molar-refractivity contribution in [3.63, 3.8) is 0 Å². The lowest BCUT2D eigenvalue weighted by Crippen LogP contribution is -2.24. The van der Waals surface area contributed by atoms with Crippen molar-refractivity contribution in [1.29, 1.82) is 0 Å². The number of para-hydroxylation sites is 1. The maximum atomic E-state index is 5.05. The van der Waals surface area contributed by atoms with Gasteiger partial charge in [0.05, 0.1) is 23.3 Å². The van der Waals surface area contributed by atoms with E-state index in [2.05, 4.69) is 83.5 Å². The van der Waals surface area contributed by atoms with Crippen LogP contribution in [0.5, 0.6) is 0 Å². The fourth-order valence-electron chi connectivity index (χ4n) is 3.51. The minimum absolute atomic E-state index is 0.914. The molecule has 4 heteroatoms. The molecule has 0 saturated carbocycles. The first-order valence-electron chi connectivity index (χ1n) is 9.34. The van der Waals surface area contributed by atoms with Crippen molar-refractivity contribution in [1.82, 2.24) is 9.88 Å². The minimum atomic E-state index is 0.914. The van der Waals surface area contributed by atoms with Crippen molar-refractivity contribution in [2.24, 2.45) is 4.99 Å². The summed E-state index contributed by atoms with van der Waals surface area (Å²) in [7, 11) is 4.23. The lowest BCUT2D eigenvalue weighted by atomic mass is 10.00. The molecular weight excluding hydrogens is 332 g/mol. The highest BCUT2D eigenvalue weighted by atomic mass is 15.2. The predicted octanol–water partition coefficient (Wildman–Crippen LogP) is 4.65. The average molecular weight is 356 g/mol. The van der Waals surface area contributed by atoms with Gasteiger partial charge in [-0.25, -0.2) is 4.99 Å². The summed E-state index contributed by atoms with van der Waals surface area (Å²) in [4.78, 5) is 14.0. The first-order chi connectivity index (χ1) is 13.2. The zero-order chi connectivity index (χ0) is 18.6. The number of hydrogen-bond donors (Lipinski definition) is 0. The lowest BCUT2D eigenvalue weighted by molar-refractivity contribution is 0.402. The van der Waals surface area contributed by atoms with Gasteiger partial charge in [0.2, 0.25) is 0 Å². The van der Waals surface area contributed by atoms with Crippen LogP contribution >= 0.6 is 0 Å². The van der Waals surface area contributed by atoms with Gasteiger partial charge in [-0.15, -0.1) is 0 Å². The van der Waals surface area contributed by atoms with E-state index in [9.17, 15) is 0 Å². The van der Waals surface area contributed by atoms with Gasteiger partial charge in [-0.3, -0.25) is 4.98 Å². The topological polar surface area (TPSA) is 31.7 Å². The number of aliphatic imine (C=N–C) groups is 1. The number of benzene rings is 2. The molecule has 0 radical (unpaired) electrons. The number of hydrogen-bond acceptors (Lipinski definition) is 4. The molecule has 0 bridgehead atoms. The molecule has 0 atom stereocenters. The van der Waals surface area contributed by atoms with Gasteiger partial charge in [-0.1, -0.05) is 48.5 Å². The number of anilines is 2. The molecule has 2 heterocycles. The molecule has 1 aromatic heterocycles. The summed E-state index contributed by atoms with van der Waals surface area (Å²) in [6.45, 7) is 1.98. The minimum Gasteiger partial charge on any atom is -0.339 e. The Morgan fingerprint density at radius 3 is 2.48 bits per heavy atom. The van der Waals surface area contributed by atoms with E-state index in [0.717, 1.165) is 47.7 Å². The van der Waals surface area contributed by atoms with Gasteiger partial charge in [-0.2, -0.15) is 0 Å². The molecule has 2 aromatic carbocycles. The van der Waals surface area contributed by atoms with E-state index in [1.807, 2.05) is 18.5 Å². The lowest BCUT2D eigenvalue weighted by Gasteiger charge is -2.27. The highest BCUT2D eigenvalue weighted by Gasteiger charge is 2.23. The van der Waals surface area contributed by atoms with Crippen LogP contribution in [0.25, 0.3) is 0 Å². The molecule has 0 unspecified atom stereocenters. The van der Waals surface area contributed by atoms with Gasteiger partial charge in [0.25, 0.3) is 0 Å². The third kappa shape index (κ3) is 3.62. The van der Waals surface area contributed by atoms with Crippen molar-refractivity contribution in [2.45, 2.75) is 6.42 Å². The number of pyridine rings is 1. The molecule has 0 N–H and O–H groups in total. The van der Waals surface area contributed by atoms with Crippen LogP contribution in [0.4, 0.5) is 17.1 Å². The summed E-state index contributed by atoms with van der Waals surface area (Å²) < 4.78 is 0. The second-order valence-electron chi connectivity index (χ2n) is 7.02. The van der Waals surface area contributed by atoms with Crippen LogP contribution in [0, 0.1) is 0 Å². The SMILES string of the molecule is CN(C)CCCN1c2ccncc2N=C(c2ccccc2)c2ccccc21. The van der Waals surface area contributed by atoms with Gasteiger partial charge in [-0.05, 0) is 39.2 Å². The van der Waals surface area contributed by atoms with Crippen LogP contribution in [-0.4, -0.2) is 42.8 Å². The van der Waals surface area contributed by atoms with Crippen LogP contribution < -0.4 is 4.90 Å². The Morgan fingerprint density at radius 1 is 0.889 bits per heavy atom. The number of aromatic nitrogens is 1. The van der Waals surface area contributed by atoms with Crippen LogP contribution in [-0.2, 0) is 0 Å². The average Bonchev–Trinajstić information content (AvgIpc) is 2.84. The Balaban J connectivity index is 1.86. The normalized spacial score (nSPS) is 13.0. The van der Waals surface area contributed by atoms with E-state index in [1.165, 1.54) is 5.69 Å². The predicted molar refractivity (Wildman–Crippen MR) is 113 cm³/mol. The van der Waals surface area contributed by atoms with Gasteiger partial charge >= 0.3 is 0 Å². The fourth-order valence-corrected chi connectivity index (χ4v) is 3.51. The Bertz CT molecular complexity index is 947. The largest absolute Gasteiger partial charge is 0.339 e. The van der Waals surface area contributed by atoms with E-state index < -0.39 is 0 Å². The molecule has 4 nitrogen and oxygen atoms in total. The molecule has 0 spiro atoms. The number of nitrogens with zero attached hydrogens (tertiary/aromatic N) is 4. The highest BCUT2D eigenvalue weighted by molar-refractivity contribution is 6.18. The van der Waals surface area contributed by atoms with Crippen LogP contribution in [0.3, 0.4) is 0 Å². The summed E-state index contributed by atoms with van der Waals surface area (Å²) in [5.74, 6) is 0. The zero-order valence-electron chi connectivity index (χ0n) is 15.8. The number of rotatable bonds is 5. The Hall–Kier alpha value is -2.98. The second-order valence-corrected chi connectivity index (χ2v) is 7.02. The molecular formula is C23H24N4. The third-order valence-corrected chi connectivity index (χ3v) is 4.79. The maximum absolute atomic E-state index is 5.05. The van der Waals surface area contributed by atoms with Crippen LogP contribution in [0.2, 0.25) is 0 Å². The third-order valence-electron chi connectivity index (χ3n) is 4.79. The van der Waals surface area contributed by atoms with E-state index in [4.69, 9.17) is 4.99 Å². The van der Waals surface area contributed by atoms with Crippen molar-refractivity contribution >= 4 is 22.8 Å². The standard InChI is InChI=1S/C23H24N4/c1-26(2)15-8-16-27-21-12-7-6-11-19(21)23(18-9-4-3-5-10-18)25-20-17-24-14-13-22(20)27/h3-7,9-14,17H,8,15-16H2,1-2H3. The molecule has 27 heavy (non-hydrogen) atoms. The van der Waals surface area contributed by atoms with E-state index in [1.54, 1.807) is 0 Å². The molecule has 0 aliphatic carbocycles. The van der Waals surface area contributed by atoms with Gasteiger partial charge in [0.1, 0.15) is 5.69 Å². The molecule has 0 amide bonds. The Morgan fingerprint density at radius 2 is 1.67 bits per heavy atom. The summed E-state index contributed by atoms with van der Waals surface area (Å²) in [6, 6.07) is 21.0. The smallest absolute Gasteiger partial charge is 0.106 e. The quantitative estimate of drug-likeness (QED) is 0.667. The van der Waals surface area contributed by atoms with Crippen LogP contribution in [0.15, 0.2) is 78.0 Å². The second kappa shape index (κ2) is 7.72. The highest BCUT2D eigenvalue weighted by Crippen LogP contribution is 2.39. The summed E-state index contributed by atoms with van der Waals surface area (Å²) in [6.07, 6.45) is 4.79. The van der Waals surface area contributed by atoms with Crippen molar-refractivity contribution < 1.29 is 0 Å². The summed E-state index contributed by atoms with van der Waals surface area (Å²) >= 11 is 0. The molecule has 136 valence electrons. The molecule has 3 aromatic rings. The van der Waals surface area contributed by atoms with E-state index in [-0.39, 0.29) is 0 Å². The summed E-state index contributed by atoms with van der Waals surface area (Å²) in [5, 5.41) is 0. The van der Waals surface area contributed by atoms with E-state index in [0.29, 0.717) is 0 Å². The first-order valence-corrected chi connectivity index (χ1v) is 9.34. The van der Waals surface area contributed by atoms with Crippen molar-refractivity contribution in [3.05, 3.63) is 84.2 Å². The van der Waals surface area contributed by atoms with Crippen molar-refractivity contribution in [3.8, 4) is 0 Å². The van der Waals surface area contributed by atoms with Gasteiger partial charge in [0.15, 0.2) is 0 Å². The first kappa shape index (κ1) is 17.4. The zero-order valence-corrected chi connectivity index (χ0v) is 15.8. The molecule has 1 aliphatic rings. The molecule has 4 rings (SSSR count). The maximum Gasteiger partial charge on any atom is 0.106 e. The Labute approximate surface area is 160 Å². The molecule has 0 fully saturated rings.